The number of nitrogens with zero attached hydrogens (tertiary/aromatic N) is 2. The second-order valence-electron chi connectivity index (χ2n) is 11.2. The Labute approximate surface area is 280 Å². The lowest BCUT2D eigenvalue weighted by molar-refractivity contribution is -0.140. The summed E-state index contributed by atoms with van der Waals surface area (Å²) in [4.78, 5) is 30.0. The fraction of sp³-hybridized carbons (Fsp3) is 0.278. The Hall–Kier alpha value is -4.15. The van der Waals surface area contributed by atoms with Crippen LogP contribution in [0, 0.1) is 6.92 Å². The molecule has 0 saturated carbocycles. The molecule has 242 valence electrons. The first-order valence-corrected chi connectivity index (χ1v) is 17.4. The summed E-state index contributed by atoms with van der Waals surface area (Å²) in [5, 5.41) is 3.05. The van der Waals surface area contributed by atoms with Crippen LogP contribution in [0.2, 0.25) is 0 Å². The van der Waals surface area contributed by atoms with Crippen LogP contribution in [0.1, 0.15) is 37.0 Å². The number of nitrogens with one attached hydrogen (secondary N) is 1. The van der Waals surface area contributed by atoms with E-state index >= 15 is 0 Å². The zero-order valence-corrected chi connectivity index (χ0v) is 28.9. The fourth-order valence-corrected chi connectivity index (χ4v) is 6.58. The third kappa shape index (κ3) is 8.98. The SMILES string of the molecule is CCC(C)NC(=O)C(Cc1ccccc1)N(Cc1ccc(Br)cc1)C(=O)CN(c1cccc(OC)c1)S(=O)(=O)c1ccc(C)cc1. The minimum atomic E-state index is -4.21. The minimum Gasteiger partial charge on any atom is -0.497 e. The van der Waals surface area contributed by atoms with Crippen LogP contribution in [0.3, 0.4) is 0 Å². The number of halogens is 1. The number of amides is 2. The van der Waals surface area contributed by atoms with Crippen LogP contribution in [0.5, 0.6) is 5.75 Å². The predicted octanol–water partition coefficient (Wildman–Crippen LogP) is 6.52. The summed E-state index contributed by atoms with van der Waals surface area (Å²) in [6, 6.07) is 29.0. The number of aryl methyl sites for hydroxylation is 1. The molecule has 4 aromatic carbocycles. The molecule has 0 radical (unpaired) electrons. The highest BCUT2D eigenvalue weighted by atomic mass is 79.9. The van der Waals surface area contributed by atoms with E-state index in [-0.39, 0.29) is 35.5 Å². The first-order chi connectivity index (χ1) is 22.0. The lowest BCUT2D eigenvalue weighted by atomic mass is 10.0. The van der Waals surface area contributed by atoms with Gasteiger partial charge < -0.3 is 15.0 Å². The molecular formula is C36H40BrN3O5S. The number of carbonyl (C=O) groups excluding carboxylic acids is 2. The molecule has 2 amide bonds. The minimum absolute atomic E-state index is 0.0449. The van der Waals surface area contributed by atoms with Crippen molar-refractivity contribution in [2.75, 3.05) is 18.0 Å². The molecule has 1 N–H and O–H groups in total. The predicted molar refractivity (Wildman–Crippen MR) is 185 cm³/mol. The highest BCUT2D eigenvalue weighted by Crippen LogP contribution is 2.28. The van der Waals surface area contributed by atoms with Crippen LogP contribution in [-0.4, -0.2) is 50.9 Å². The van der Waals surface area contributed by atoms with E-state index in [0.717, 1.165) is 25.5 Å². The summed E-state index contributed by atoms with van der Waals surface area (Å²) in [5.41, 5.74) is 2.83. The van der Waals surface area contributed by atoms with E-state index in [1.165, 1.54) is 24.1 Å². The first-order valence-electron chi connectivity index (χ1n) is 15.1. The highest BCUT2D eigenvalue weighted by molar-refractivity contribution is 9.10. The monoisotopic (exact) mass is 705 g/mol. The van der Waals surface area contributed by atoms with Gasteiger partial charge in [0.25, 0.3) is 10.0 Å². The van der Waals surface area contributed by atoms with Gasteiger partial charge in [0, 0.05) is 29.5 Å². The number of anilines is 1. The van der Waals surface area contributed by atoms with Crippen molar-refractivity contribution in [3.05, 3.63) is 124 Å². The zero-order chi connectivity index (χ0) is 33.3. The quantitative estimate of drug-likeness (QED) is 0.161. The molecule has 0 aliphatic heterocycles. The fourth-order valence-electron chi connectivity index (χ4n) is 4.91. The summed E-state index contributed by atoms with van der Waals surface area (Å²) < 4.78 is 35.8. The van der Waals surface area contributed by atoms with E-state index in [1.807, 2.05) is 75.4 Å². The Morgan fingerprint density at radius 2 is 1.57 bits per heavy atom. The van der Waals surface area contributed by atoms with E-state index in [2.05, 4.69) is 21.2 Å². The van der Waals surface area contributed by atoms with Crippen LogP contribution in [0.4, 0.5) is 5.69 Å². The van der Waals surface area contributed by atoms with Gasteiger partial charge in [0.05, 0.1) is 17.7 Å². The number of hydrogen-bond acceptors (Lipinski definition) is 5. The molecule has 2 atom stereocenters. The van der Waals surface area contributed by atoms with E-state index in [4.69, 9.17) is 4.74 Å². The maximum Gasteiger partial charge on any atom is 0.264 e. The number of rotatable bonds is 14. The van der Waals surface area contributed by atoms with Crippen LogP contribution in [0.15, 0.2) is 112 Å². The molecule has 0 aromatic heterocycles. The van der Waals surface area contributed by atoms with Gasteiger partial charge >= 0.3 is 0 Å². The third-order valence-electron chi connectivity index (χ3n) is 7.77. The highest BCUT2D eigenvalue weighted by Gasteiger charge is 2.35. The zero-order valence-electron chi connectivity index (χ0n) is 26.5. The van der Waals surface area contributed by atoms with Crippen molar-refractivity contribution in [2.24, 2.45) is 0 Å². The summed E-state index contributed by atoms with van der Waals surface area (Å²) in [6.07, 6.45) is 0.956. The molecule has 46 heavy (non-hydrogen) atoms. The molecule has 10 heteroatoms. The number of sulfonamides is 1. The Balaban J connectivity index is 1.82. The topological polar surface area (TPSA) is 96.0 Å². The van der Waals surface area contributed by atoms with Crippen molar-refractivity contribution in [2.45, 2.75) is 57.1 Å². The van der Waals surface area contributed by atoms with Gasteiger partial charge in [-0.3, -0.25) is 13.9 Å². The first kappa shape index (κ1) is 34.7. The molecule has 0 saturated heterocycles. The molecule has 0 fully saturated rings. The summed E-state index contributed by atoms with van der Waals surface area (Å²) in [5.74, 6) is -0.393. The van der Waals surface area contributed by atoms with Crippen molar-refractivity contribution < 1.29 is 22.7 Å². The Bertz CT molecular complexity index is 1720. The molecule has 0 aliphatic rings. The number of benzene rings is 4. The molecule has 0 spiro atoms. The maximum atomic E-state index is 14.6. The van der Waals surface area contributed by atoms with Crippen molar-refractivity contribution in [3.8, 4) is 5.75 Å². The molecule has 8 nitrogen and oxygen atoms in total. The van der Waals surface area contributed by atoms with Gasteiger partial charge in [-0.2, -0.15) is 0 Å². The maximum absolute atomic E-state index is 14.6. The second kappa shape index (κ2) is 15.9. The largest absolute Gasteiger partial charge is 0.497 e. The number of ether oxygens (including phenoxy) is 1. The molecule has 0 aliphatic carbocycles. The van der Waals surface area contributed by atoms with Gasteiger partial charge in [-0.05, 0) is 67.8 Å². The molecule has 0 bridgehead atoms. The average molecular weight is 707 g/mol. The number of carbonyl (C=O) groups is 2. The van der Waals surface area contributed by atoms with Gasteiger partial charge in [-0.25, -0.2) is 8.42 Å². The molecular weight excluding hydrogens is 666 g/mol. The lowest BCUT2D eigenvalue weighted by Crippen LogP contribution is -2.54. The average Bonchev–Trinajstić information content (AvgIpc) is 3.06. The Morgan fingerprint density at radius 1 is 0.891 bits per heavy atom. The van der Waals surface area contributed by atoms with E-state index in [0.29, 0.717) is 12.2 Å². The van der Waals surface area contributed by atoms with Crippen LogP contribution in [0.25, 0.3) is 0 Å². The van der Waals surface area contributed by atoms with E-state index in [9.17, 15) is 18.0 Å². The number of methoxy groups -OCH3 is 1. The Kier molecular flexibility index (Phi) is 12.0. The standard InChI is InChI=1S/C36H40BrN3O5S/c1-5-27(3)38-36(42)34(22-28-10-7-6-8-11-28)39(24-29-16-18-30(37)19-17-29)35(41)25-40(31-12-9-13-32(23-31)45-4)46(43,44)33-20-14-26(2)15-21-33/h6-21,23,27,34H,5,22,24-25H2,1-4H3,(H,38,42). The van der Waals surface area contributed by atoms with Crippen molar-refractivity contribution >= 4 is 43.5 Å². The van der Waals surface area contributed by atoms with Gasteiger partial charge in [0.2, 0.25) is 11.8 Å². The molecule has 4 aromatic rings. The summed E-state index contributed by atoms with van der Waals surface area (Å²) in [7, 11) is -2.71. The summed E-state index contributed by atoms with van der Waals surface area (Å²) in [6.45, 7) is 5.31. The smallest absolute Gasteiger partial charge is 0.264 e. The van der Waals surface area contributed by atoms with Crippen LogP contribution in [-0.2, 0) is 32.6 Å². The van der Waals surface area contributed by atoms with Gasteiger partial charge in [-0.1, -0.05) is 89.1 Å². The van der Waals surface area contributed by atoms with Crippen molar-refractivity contribution in [1.82, 2.24) is 10.2 Å². The van der Waals surface area contributed by atoms with Crippen LogP contribution < -0.4 is 14.4 Å². The number of hydrogen-bond donors (Lipinski definition) is 1. The van der Waals surface area contributed by atoms with E-state index in [1.54, 1.807) is 36.4 Å². The normalized spacial score (nSPS) is 12.5. The second-order valence-corrected chi connectivity index (χ2v) is 14.0. The Morgan fingerprint density at radius 3 is 2.20 bits per heavy atom. The lowest BCUT2D eigenvalue weighted by Gasteiger charge is -2.34. The van der Waals surface area contributed by atoms with Crippen molar-refractivity contribution in [1.29, 1.82) is 0 Å². The van der Waals surface area contributed by atoms with Gasteiger partial charge in [0.15, 0.2) is 0 Å². The third-order valence-corrected chi connectivity index (χ3v) is 10.1. The molecule has 4 rings (SSSR count). The van der Waals surface area contributed by atoms with Gasteiger partial charge in [-0.15, -0.1) is 0 Å². The van der Waals surface area contributed by atoms with Crippen molar-refractivity contribution in [3.63, 3.8) is 0 Å². The molecule has 2 unspecified atom stereocenters. The molecule has 0 heterocycles. The van der Waals surface area contributed by atoms with Crippen LogP contribution >= 0.6 is 15.9 Å². The summed E-state index contributed by atoms with van der Waals surface area (Å²) >= 11 is 3.46. The van der Waals surface area contributed by atoms with E-state index < -0.39 is 28.5 Å². The van der Waals surface area contributed by atoms with Gasteiger partial charge in [0.1, 0.15) is 18.3 Å².